The Hall–Kier alpha value is -1.25. The zero-order chi connectivity index (χ0) is 25.7. The number of ether oxygens (including phenoxy) is 3. The molecule has 1 N–H and O–H groups in total. The largest absolute Gasteiger partial charge is 0.467 e. The van der Waals surface area contributed by atoms with Crippen LogP contribution in [0.3, 0.4) is 0 Å². The van der Waals surface area contributed by atoms with E-state index in [-0.39, 0.29) is 29.3 Å². The van der Waals surface area contributed by atoms with Crippen molar-refractivity contribution in [3.05, 3.63) is 35.9 Å². The second-order valence-electron chi connectivity index (χ2n) is 11.6. The Morgan fingerprint density at radius 1 is 1.15 bits per heavy atom. The summed E-state index contributed by atoms with van der Waals surface area (Å²) in [7, 11) is -0.768. The Morgan fingerprint density at radius 3 is 2.29 bits per heavy atom. The lowest BCUT2D eigenvalue weighted by Gasteiger charge is -2.46. The molecule has 1 saturated heterocycles. The van der Waals surface area contributed by atoms with E-state index in [2.05, 4.69) is 54.6 Å². The number of carbonyl (C=O) groups is 1. The number of aliphatic hydroxyl groups excluding tert-OH is 1. The molecule has 7 heteroatoms. The molecule has 0 radical (unpaired) electrons. The fourth-order valence-electron chi connectivity index (χ4n) is 3.80. The van der Waals surface area contributed by atoms with E-state index >= 15 is 0 Å². The molecule has 6 nitrogen and oxygen atoms in total. The fourth-order valence-corrected chi connectivity index (χ4v) is 5.27. The first-order valence-corrected chi connectivity index (χ1v) is 15.4. The summed E-state index contributed by atoms with van der Waals surface area (Å²) >= 11 is 0. The van der Waals surface area contributed by atoms with Gasteiger partial charge in [0.05, 0.1) is 38.1 Å². The number of epoxide rings is 1. The van der Waals surface area contributed by atoms with Crippen LogP contribution in [0.2, 0.25) is 18.1 Å². The van der Waals surface area contributed by atoms with Crippen LogP contribution in [0.5, 0.6) is 0 Å². The van der Waals surface area contributed by atoms with Crippen LogP contribution >= 0.6 is 0 Å². The molecule has 0 bridgehead atoms. The van der Waals surface area contributed by atoms with Crippen LogP contribution < -0.4 is 0 Å². The van der Waals surface area contributed by atoms with Crippen LogP contribution in [0.4, 0.5) is 0 Å². The maximum atomic E-state index is 11.9. The van der Waals surface area contributed by atoms with E-state index in [1.54, 1.807) is 0 Å². The quantitative estimate of drug-likeness (QED) is 0.222. The summed E-state index contributed by atoms with van der Waals surface area (Å²) in [5.74, 6) is -0.352. The van der Waals surface area contributed by atoms with Crippen molar-refractivity contribution < 1.29 is 28.5 Å². The SMILES string of the molecule is CC[C@@H](C[C@@H](O)C(C)(C)[C@@H](C[C@H]1O[C@@H]1C(=O)OC)O[Si](C)(C)C(C)(C)C)OCc1ccccc1. The zero-order valence-corrected chi connectivity index (χ0v) is 23.6. The van der Waals surface area contributed by atoms with Crippen molar-refractivity contribution in [2.45, 2.75) is 116 Å². The van der Waals surface area contributed by atoms with E-state index in [0.29, 0.717) is 19.4 Å². The van der Waals surface area contributed by atoms with Gasteiger partial charge in [-0.1, -0.05) is 71.9 Å². The van der Waals surface area contributed by atoms with Gasteiger partial charge in [0.15, 0.2) is 14.4 Å². The molecule has 1 aromatic rings. The number of benzene rings is 1. The molecule has 1 aliphatic heterocycles. The van der Waals surface area contributed by atoms with Gasteiger partial charge in [0.25, 0.3) is 0 Å². The van der Waals surface area contributed by atoms with Gasteiger partial charge in [0.2, 0.25) is 0 Å². The van der Waals surface area contributed by atoms with Gasteiger partial charge in [-0.15, -0.1) is 0 Å². The minimum Gasteiger partial charge on any atom is -0.467 e. The number of hydrogen-bond donors (Lipinski definition) is 1. The van der Waals surface area contributed by atoms with E-state index in [1.807, 2.05) is 30.3 Å². The Morgan fingerprint density at radius 2 is 1.76 bits per heavy atom. The number of esters is 1. The summed E-state index contributed by atoms with van der Waals surface area (Å²) in [6.45, 7) is 17.7. The maximum absolute atomic E-state index is 11.9. The molecule has 1 aliphatic rings. The van der Waals surface area contributed by atoms with E-state index < -0.39 is 25.9 Å². The highest BCUT2D eigenvalue weighted by molar-refractivity contribution is 6.74. The molecule has 0 amide bonds. The molecule has 0 unspecified atom stereocenters. The molecule has 34 heavy (non-hydrogen) atoms. The van der Waals surface area contributed by atoms with Crippen LogP contribution in [0.1, 0.15) is 66.4 Å². The summed E-state index contributed by atoms with van der Waals surface area (Å²) in [6.07, 6.45) is 0.101. The summed E-state index contributed by atoms with van der Waals surface area (Å²) in [5.41, 5.74) is 0.555. The molecule has 194 valence electrons. The smallest absolute Gasteiger partial charge is 0.337 e. The third kappa shape index (κ3) is 7.62. The second kappa shape index (κ2) is 11.7. The summed E-state index contributed by atoms with van der Waals surface area (Å²) in [6, 6.07) is 10.1. The highest BCUT2D eigenvalue weighted by Crippen LogP contribution is 2.44. The molecule has 0 aliphatic carbocycles. The number of rotatable bonds is 13. The highest BCUT2D eigenvalue weighted by atomic mass is 28.4. The Kier molecular flexibility index (Phi) is 9.93. The van der Waals surface area contributed by atoms with Gasteiger partial charge in [0.1, 0.15) is 0 Å². The predicted molar refractivity (Wildman–Crippen MR) is 137 cm³/mol. The lowest BCUT2D eigenvalue weighted by atomic mass is 9.76. The van der Waals surface area contributed by atoms with Gasteiger partial charge >= 0.3 is 5.97 Å². The number of carbonyl (C=O) groups excluding carboxylic acids is 1. The first-order chi connectivity index (χ1) is 15.7. The van der Waals surface area contributed by atoms with E-state index in [1.165, 1.54) is 7.11 Å². The first-order valence-electron chi connectivity index (χ1n) is 12.5. The monoisotopic (exact) mass is 494 g/mol. The van der Waals surface area contributed by atoms with Crippen molar-refractivity contribution in [1.29, 1.82) is 0 Å². The van der Waals surface area contributed by atoms with Crippen molar-refractivity contribution in [1.82, 2.24) is 0 Å². The van der Waals surface area contributed by atoms with E-state index in [9.17, 15) is 9.90 Å². The molecule has 1 aromatic carbocycles. The minimum absolute atomic E-state index is 0.0171. The molecule has 0 aromatic heterocycles. The van der Waals surface area contributed by atoms with Crippen LogP contribution in [0.15, 0.2) is 30.3 Å². The summed E-state index contributed by atoms with van der Waals surface area (Å²) in [5, 5.41) is 11.4. The average molecular weight is 495 g/mol. The topological polar surface area (TPSA) is 77.5 Å². The van der Waals surface area contributed by atoms with Gasteiger partial charge in [-0.2, -0.15) is 0 Å². The van der Waals surface area contributed by atoms with Gasteiger partial charge < -0.3 is 23.7 Å². The normalized spacial score (nSPS) is 21.6. The molecule has 2 rings (SSSR count). The van der Waals surface area contributed by atoms with Crippen molar-refractivity contribution in [3.63, 3.8) is 0 Å². The Balaban J connectivity index is 2.13. The molecular formula is C27H46O6Si. The summed E-state index contributed by atoms with van der Waals surface area (Å²) in [4.78, 5) is 11.9. The van der Waals surface area contributed by atoms with Gasteiger partial charge in [-0.3, -0.25) is 0 Å². The third-order valence-electron chi connectivity index (χ3n) is 7.66. The summed E-state index contributed by atoms with van der Waals surface area (Å²) < 4.78 is 23.5. The van der Waals surface area contributed by atoms with Gasteiger partial charge in [-0.05, 0) is 30.1 Å². The van der Waals surface area contributed by atoms with Crippen LogP contribution in [0, 0.1) is 5.41 Å². The van der Waals surface area contributed by atoms with E-state index in [0.717, 1.165) is 12.0 Å². The molecule has 1 heterocycles. The fraction of sp³-hybridized carbons (Fsp3) is 0.741. The standard InChI is InChI=1S/C27H46O6Si/c1-10-20(31-18-19-14-12-11-13-15-19)16-22(28)27(5,6)23(33-34(8,9)26(2,3)4)17-21-24(32-21)25(29)30-7/h11-15,20-24,28H,10,16-18H2,1-9H3/t20-,21+,22+,23+,24-/m0/s1. The molecule has 1 fully saturated rings. The van der Waals surface area contributed by atoms with Crippen LogP contribution in [0.25, 0.3) is 0 Å². The van der Waals surface area contributed by atoms with Gasteiger partial charge in [-0.25, -0.2) is 4.79 Å². The predicted octanol–water partition coefficient (Wildman–Crippen LogP) is 5.48. The highest BCUT2D eigenvalue weighted by Gasteiger charge is 2.52. The Bertz CT molecular complexity index is 773. The average Bonchev–Trinajstić information content (AvgIpc) is 3.54. The third-order valence-corrected chi connectivity index (χ3v) is 12.2. The molecule has 0 spiro atoms. The number of hydrogen-bond acceptors (Lipinski definition) is 6. The first kappa shape index (κ1) is 29.0. The molecule has 0 saturated carbocycles. The zero-order valence-electron chi connectivity index (χ0n) is 22.6. The van der Waals surface area contributed by atoms with Crippen molar-refractivity contribution in [3.8, 4) is 0 Å². The van der Waals surface area contributed by atoms with Crippen LogP contribution in [-0.2, 0) is 30.0 Å². The maximum Gasteiger partial charge on any atom is 0.337 e. The van der Waals surface area contributed by atoms with Crippen molar-refractivity contribution in [2.24, 2.45) is 5.41 Å². The molecule has 5 atom stereocenters. The second-order valence-corrected chi connectivity index (χ2v) is 16.4. The van der Waals surface area contributed by atoms with E-state index in [4.69, 9.17) is 18.6 Å². The number of aliphatic hydroxyl groups is 1. The van der Waals surface area contributed by atoms with Gasteiger partial charge in [0, 0.05) is 18.3 Å². The Labute approximate surface area is 207 Å². The van der Waals surface area contributed by atoms with Crippen LogP contribution in [-0.4, -0.2) is 57.0 Å². The molecular weight excluding hydrogens is 448 g/mol. The lowest BCUT2D eigenvalue weighted by Crippen LogP contribution is -2.52. The minimum atomic E-state index is -2.14. The van der Waals surface area contributed by atoms with Crippen molar-refractivity contribution in [2.75, 3.05) is 7.11 Å². The number of methoxy groups -OCH3 is 1. The lowest BCUT2D eigenvalue weighted by molar-refractivity contribution is -0.142. The van der Waals surface area contributed by atoms with Crippen molar-refractivity contribution >= 4 is 14.3 Å².